The molecule has 0 saturated carbocycles. The first-order valence-electron chi connectivity index (χ1n) is 5.71. The maximum absolute atomic E-state index is 11.6. The van der Waals surface area contributed by atoms with Gasteiger partial charge in [0.2, 0.25) is 5.91 Å². The minimum absolute atomic E-state index is 0.117. The van der Waals surface area contributed by atoms with Gasteiger partial charge in [0.05, 0.1) is 6.07 Å². The number of nitriles is 1. The third-order valence-electron chi connectivity index (χ3n) is 2.87. The van der Waals surface area contributed by atoms with Gasteiger partial charge in [-0.1, -0.05) is 0 Å². The summed E-state index contributed by atoms with van der Waals surface area (Å²) < 4.78 is 26.9. The second-order valence-electron chi connectivity index (χ2n) is 4.40. The highest BCUT2D eigenvalue weighted by Gasteiger charge is 2.26. The highest BCUT2D eigenvalue weighted by Crippen LogP contribution is 2.12. The van der Waals surface area contributed by atoms with E-state index in [1.807, 2.05) is 6.07 Å². The lowest BCUT2D eigenvalue weighted by Crippen LogP contribution is -2.48. The SMILES string of the molecule is CN(C)S(=O)(=O)NC1CCN(C(=O)CC#N)CC1. The molecule has 0 spiro atoms. The molecule has 0 atom stereocenters. The molecule has 102 valence electrons. The van der Waals surface area contributed by atoms with Crippen molar-refractivity contribution in [1.29, 1.82) is 5.26 Å². The molecule has 1 amide bonds. The summed E-state index contributed by atoms with van der Waals surface area (Å²) in [4.78, 5) is 13.1. The number of carbonyl (C=O) groups is 1. The third-order valence-corrected chi connectivity index (χ3v) is 4.47. The molecular weight excluding hydrogens is 256 g/mol. The van der Waals surface area contributed by atoms with E-state index >= 15 is 0 Å². The first kappa shape index (κ1) is 14.9. The Labute approximate surface area is 108 Å². The lowest BCUT2D eigenvalue weighted by Gasteiger charge is -2.32. The number of nitrogens with zero attached hydrogens (tertiary/aromatic N) is 3. The number of nitrogens with one attached hydrogen (secondary N) is 1. The van der Waals surface area contributed by atoms with E-state index in [1.54, 1.807) is 4.90 Å². The molecule has 1 saturated heterocycles. The number of rotatable bonds is 4. The van der Waals surface area contributed by atoms with Crippen molar-refractivity contribution in [2.24, 2.45) is 0 Å². The van der Waals surface area contributed by atoms with Crippen LogP contribution in [0.2, 0.25) is 0 Å². The molecule has 0 aromatic rings. The standard InChI is InChI=1S/C10H18N4O3S/c1-13(2)18(16,17)12-9-4-7-14(8-5-9)10(15)3-6-11/h9,12H,3-5,7-8H2,1-2H3. The van der Waals surface area contributed by atoms with Crippen molar-refractivity contribution in [3.05, 3.63) is 0 Å². The molecule has 0 aromatic heterocycles. The van der Waals surface area contributed by atoms with Crippen LogP contribution in [0.4, 0.5) is 0 Å². The molecule has 0 radical (unpaired) electrons. The van der Waals surface area contributed by atoms with E-state index in [9.17, 15) is 13.2 Å². The van der Waals surface area contributed by atoms with E-state index in [0.717, 1.165) is 4.31 Å². The molecule has 1 aliphatic heterocycles. The van der Waals surface area contributed by atoms with Crippen molar-refractivity contribution in [1.82, 2.24) is 13.9 Å². The highest BCUT2D eigenvalue weighted by molar-refractivity contribution is 7.87. The maximum Gasteiger partial charge on any atom is 0.279 e. The predicted molar refractivity (Wildman–Crippen MR) is 65.6 cm³/mol. The maximum atomic E-state index is 11.6. The molecule has 0 aromatic carbocycles. The zero-order valence-electron chi connectivity index (χ0n) is 10.6. The second-order valence-corrected chi connectivity index (χ2v) is 6.31. The van der Waals surface area contributed by atoms with Gasteiger partial charge in [0.15, 0.2) is 0 Å². The number of likely N-dealkylation sites (tertiary alicyclic amines) is 1. The lowest BCUT2D eigenvalue weighted by atomic mass is 10.1. The molecule has 7 nitrogen and oxygen atoms in total. The van der Waals surface area contributed by atoms with Crippen LogP contribution in [0.25, 0.3) is 0 Å². The Balaban J connectivity index is 2.46. The molecule has 8 heteroatoms. The van der Waals surface area contributed by atoms with Crippen LogP contribution < -0.4 is 4.72 Å². The van der Waals surface area contributed by atoms with E-state index in [2.05, 4.69) is 4.72 Å². The summed E-state index contributed by atoms with van der Waals surface area (Å²) in [5.41, 5.74) is 0. The van der Waals surface area contributed by atoms with Gasteiger partial charge in [-0.15, -0.1) is 0 Å². The molecule has 0 bridgehead atoms. The minimum Gasteiger partial charge on any atom is -0.342 e. The second kappa shape index (κ2) is 6.13. The molecule has 1 rings (SSSR count). The molecule has 1 aliphatic rings. The number of hydrogen-bond donors (Lipinski definition) is 1. The van der Waals surface area contributed by atoms with Crippen LogP contribution in [-0.2, 0) is 15.0 Å². The zero-order valence-corrected chi connectivity index (χ0v) is 11.4. The Bertz CT molecular complexity index is 433. The summed E-state index contributed by atoms with van der Waals surface area (Å²) >= 11 is 0. The summed E-state index contributed by atoms with van der Waals surface area (Å²) in [7, 11) is -0.486. The molecular formula is C10H18N4O3S. The van der Waals surface area contributed by atoms with Gasteiger partial charge in [0, 0.05) is 33.2 Å². The summed E-state index contributed by atoms with van der Waals surface area (Å²) in [6, 6.07) is 1.67. The van der Waals surface area contributed by atoms with Gasteiger partial charge in [0.1, 0.15) is 6.42 Å². The molecule has 1 N–H and O–H groups in total. The van der Waals surface area contributed by atoms with Crippen LogP contribution in [0.1, 0.15) is 19.3 Å². The Morgan fingerprint density at radius 1 is 1.44 bits per heavy atom. The van der Waals surface area contributed by atoms with Crippen molar-refractivity contribution in [2.75, 3.05) is 27.2 Å². The van der Waals surface area contributed by atoms with Crippen LogP contribution in [0.5, 0.6) is 0 Å². The lowest BCUT2D eigenvalue weighted by molar-refractivity contribution is -0.131. The van der Waals surface area contributed by atoms with Crippen LogP contribution >= 0.6 is 0 Å². The largest absolute Gasteiger partial charge is 0.342 e. The van der Waals surface area contributed by atoms with E-state index in [-0.39, 0.29) is 18.4 Å². The van der Waals surface area contributed by atoms with Crippen molar-refractivity contribution in [3.8, 4) is 6.07 Å². The molecule has 1 heterocycles. The van der Waals surface area contributed by atoms with Crippen LogP contribution in [-0.4, -0.2) is 56.8 Å². The van der Waals surface area contributed by atoms with Gasteiger partial charge in [0.25, 0.3) is 10.2 Å². The topological polar surface area (TPSA) is 93.5 Å². The van der Waals surface area contributed by atoms with Crippen molar-refractivity contribution < 1.29 is 13.2 Å². The van der Waals surface area contributed by atoms with E-state index in [4.69, 9.17) is 5.26 Å². The van der Waals surface area contributed by atoms with Crippen molar-refractivity contribution >= 4 is 16.1 Å². The summed E-state index contributed by atoms with van der Waals surface area (Å²) in [6.45, 7) is 0.974. The zero-order chi connectivity index (χ0) is 13.8. The highest BCUT2D eigenvalue weighted by atomic mass is 32.2. The van der Waals surface area contributed by atoms with Gasteiger partial charge >= 0.3 is 0 Å². The quantitative estimate of drug-likeness (QED) is 0.732. The number of hydrogen-bond acceptors (Lipinski definition) is 4. The Morgan fingerprint density at radius 2 is 2.00 bits per heavy atom. The van der Waals surface area contributed by atoms with Crippen LogP contribution in [0, 0.1) is 11.3 Å². The van der Waals surface area contributed by atoms with Gasteiger partial charge in [-0.2, -0.15) is 22.7 Å². The number of amides is 1. The van der Waals surface area contributed by atoms with Gasteiger partial charge in [-0.05, 0) is 12.8 Å². The van der Waals surface area contributed by atoms with Gasteiger partial charge < -0.3 is 4.90 Å². The van der Waals surface area contributed by atoms with Gasteiger partial charge in [-0.25, -0.2) is 0 Å². The third kappa shape index (κ3) is 3.94. The summed E-state index contributed by atoms with van der Waals surface area (Å²) in [5.74, 6) is -0.189. The van der Waals surface area contributed by atoms with Crippen molar-refractivity contribution in [3.63, 3.8) is 0 Å². The summed E-state index contributed by atoms with van der Waals surface area (Å²) in [5, 5.41) is 8.44. The Hall–Kier alpha value is -1.17. The smallest absolute Gasteiger partial charge is 0.279 e. The van der Waals surface area contributed by atoms with Crippen LogP contribution in [0.15, 0.2) is 0 Å². The molecule has 0 unspecified atom stereocenters. The average molecular weight is 274 g/mol. The fourth-order valence-electron chi connectivity index (χ4n) is 1.74. The molecule has 1 fully saturated rings. The molecule has 18 heavy (non-hydrogen) atoms. The van der Waals surface area contributed by atoms with Crippen LogP contribution in [0.3, 0.4) is 0 Å². The minimum atomic E-state index is -3.42. The first-order valence-corrected chi connectivity index (χ1v) is 7.15. The fraction of sp³-hybridized carbons (Fsp3) is 0.800. The van der Waals surface area contributed by atoms with E-state index in [1.165, 1.54) is 14.1 Å². The monoisotopic (exact) mass is 274 g/mol. The Kier molecular flexibility index (Phi) is 5.07. The van der Waals surface area contributed by atoms with Gasteiger partial charge in [-0.3, -0.25) is 4.79 Å². The van der Waals surface area contributed by atoms with Crippen molar-refractivity contribution in [2.45, 2.75) is 25.3 Å². The Morgan fingerprint density at radius 3 is 2.44 bits per heavy atom. The normalized spacial score (nSPS) is 17.8. The first-order chi connectivity index (χ1) is 8.36. The van der Waals surface area contributed by atoms with E-state index < -0.39 is 10.2 Å². The number of carbonyl (C=O) groups excluding carboxylic acids is 1. The molecule has 0 aliphatic carbocycles. The van der Waals surface area contributed by atoms with E-state index in [0.29, 0.717) is 25.9 Å². The average Bonchev–Trinajstić information content (AvgIpc) is 2.29. The fourth-order valence-corrected chi connectivity index (χ4v) is 2.61. The predicted octanol–water partition coefficient (Wildman–Crippen LogP) is -0.713. The number of piperidine rings is 1. The summed E-state index contributed by atoms with van der Waals surface area (Å²) in [6.07, 6.45) is 1.03.